The van der Waals surface area contributed by atoms with Crippen LogP contribution in [0.5, 0.6) is 0 Å². The number of amides is 1. The Labute approximate surface area is 203 Å². The van der Waals surface area contributed by atoms with Crippen molar-refractivity contribution in [3.63, 3.8) is 0 Å². The Bertz CT molecular complexity index is 1490. The minimum absolute atomic E-state index is 0.160. The van der Waals surface area contributed by atoms with Crippen LogP contribution in [0.4, 0.5) is 23.2 Å². The van der Waals surface area contributed by atoms with Crippen molar-refractivity contribution < 1.29 is 22.4 Å². The molecule has 4 aromatic rings. The van der Waals surface area contributed by atoms with Crippen LogP contribution in [0.1, 0.15) is 16.7 Å². The van der Waals surface area contributed by atoms with E-state index in [0.29, 0.717) is 22.4 Å². The van der Waals surface area contributed by atoms with E-state index in [1.807, 2.05) is 17.7 Å². The molecule has 6 nitrogen and oxygen atoms in total. The van der Waals surface area contributed by atoms with Crippen LogP contribution in [-0.4, -0.2) is 38.1 Å². The van der Waals surface area contributed by atoms with Crippen LogP contribution < -0.4 is 5.32 Å². The van der Waals surface area contributed by atoms with E-state index in [0.717, 1.165) is 28.4 Å². The van der Waals surface area contributed by atoms with Crippen LogP contribution in [-0.2, 0) is 24.9 Å². The fourth-order valence-corrected chi connectivity index (χ4v) is 4.42. The van der Waals surface area contributed by atoms with Crippen molar-refractivity contribution >= 4 is 28.7 Å². The topological polar surface area (TPSA) is 63.1 Å². The average Bonchev–Trinajstić information content (AvgIpc) is 3.38. The van der Waals surface area contributed by atoms with Crippen LogP contribution in [0.15, 0.2) is 61.2 Å². The summed E-state index contributed by atoms with van der Waals surface area (Å²) < 4.78 is 54.7. The molecule has 1 aliphatic rings. The van der Waals surface area contributed by atoms with Gasteiger partial charge in [-0.3, -0.25) is 14.7 Å². The zero-order valence-corrected chi connectivity index (χ0v) is 19.2. The van der Waals surface area contributed by atoms with Gasteiger partial charge in [-0.1, -0.05) is 12.1 Å². The molecule has 0 spiro atoms. The number of hydrogen-bond acceptors (Lipinski definition) is 4. The summed E-state index contributed by atoms with van der Waals surface area (Å²) in [7, 11) is 1.85. The number of benzene rings is 2. The van der Waals surface area contributed by atoms with Gasteiger partial charge in [-0.15, -0.1) is 0 Å². The molecule has 0 radical (unpaired) electrons. The van der Waals surface area contributed by atoms with Crippen LogP contribution >= 0.6 is 0 Å². The Morgan fingerprint density at radius 1 is 1.11 bits per heavy atom. The third kappa shape index (κ3) is 4.99. The summed E-state index contributed by atoms with van der Waals surface area (Å²) in [6.07, 6.45) is 2.75. The van der Waals surface area contributed by atoms with Crippen molar-refractivity contribution in [1.29, 1.82) is 0 Å². The molecule has 1 amide bonds. The van der Waals surface area contributed by atoms with Crippen molar-refractivity contribution in [3.8, 4) is 11.1 Å². The Balaban J connectivity index is 1.33. The summed E-state index contributed by atoms with van der Waals surface area (Å²) in [5.41, 5.74) is 4.97. The lowest BCUT2D eigenvalue weighted by atomic mass is 10.00. The number of halogens is 4. The first-order valence-corrected chi connectivity index (χ1v) is 11.1. The van der Waals surface area contributed by atoms with Crippen molar-refractivity contribution in [3.05, 3.63) is 83.7 Å². The van der Waals surface area contributed by atoms with Gasteiger partial charge in [0.15, 0.2) is 0 Å². The molecular formula is C26H21F4N5O. The van der Waals surface area contributed by atoms with E-state index in [2.05, 4.69) is 15.3 Å². The maximum absolute atomic E-state index is 14.8. The lowest BCUT2D eigenvalue weighted by molar-refractivity contribution is -0.147. The fraction of sp³-hybridized carbons (Fsp3) is 0.192. The molecule has 10 heteroatoms. The van der Waals surface area contributed by atoms with Gasteiger partial charge >= 0.3 is 6.18 Å². The molecule has 36 heavy (non-hydrogen) atoms. The number of pyridine rings is 1. The Hall–Kier alpha value is -4.05. The third-order valence-electron chi connectivity index (χ3n) is 6.02. The van der Waals surface area contributed by atoms with Crippen molar-refractivity contribution in [2.24, 2.45) is 7.05 Å². The first-order chi connectivity index (χ1) is 17.2. The summed E-state index contributed by atoms with van der Waals surface area (Å²) in [4.78, 5) is 22.1. The minimum atomic E-state index is -4.27. The van der Waals surface area contributed by atoms with Gasteiger partial charge in [0.2, 0.25) is 5.91 Å². The number of carbonyl (C=O) groups excluding carboxylic acids is 1. The van der Waals surface area contributed by atoms with E-state index in [1.165, 1.54) is 23.2 Å². The lowest BCUT2D eigenvalue weighted by Crippen LogP contribution is -2.29. The Morgan fingerprint density at radius 2 is 1.92 bits per heavy atom. The number of imidazole rings is 1. The van der Waals surface area contributed by atoms with Gasteiger partial charge in [-0.2, -0.15) is 13.2 Å². The molecule has 0 unspecified atom stereocenters. The quantitative estimate of drug-likeness (QED) is 0.301. The van der Waals surface area contributed by atoms with Gasteiger partial charge in [0.1, 0.15) is 5.82 Å². The summed E-state index contributed by atoms with van der Waals surface area (Å²) in [6.45, 7) is -0.611. The van der Waals surface area contributed by atoms with Gasteiger partial charge in [-0.05, 0) is 47.0 Å². The summed E-state index contributed by atoms with van der Waals surface area (Å²) in [5.74, 6) is -0.987. The monoisotopic (exact) mass is 495 g/mol. The van der Waals surface area contributed by atoms with E-state index in [4.69, 9.17) is 0 Å². The van der Waals surface area contributed by atoms with E-state index in [1.54, 1.807) is 36.7 Å². The number of alkyl halides is 3. The van der Waals surface area contributed by atoms with Gasteiger partial charge in [0.25, 0.3) is 0 Å². The molecule has 0 saturated carbocycles. The molecule has 5 rings (SSSR count). The van der Waals surface area contributed by atoms with E-state index in [9.17, 15) is 22.4 Å². The van der Waals surface area contributed by atoms with Crippen molar-refractivity contribution in [2.45, 2.75) is 19.3 Å². The summed E-state index contributed by atoms with van der Waals surface area (Å²) in [5, 5.41) is 2.71. The van der Waals surface area contributed by atoms with E-state index >= 15 is 0 Å². The molecule has 0 fully saturated rings. The summed E-state index contributed by atoms with van der Waals surface area (Å²) >= 11 is 0. The van der Waals surface area contributed by atoms with Crippen LogP contribution in [0.25, 0.3) is 28.2 Å². The highest BCUT2D eigenvalue weighted by Crippen LogP contribution is 2.31. The largest absolute Gasteiger partial charge is 0.401 e. The number of aromatic nitrogens is 3. The number of rotatable bonds is 5. The van der Waals surface area contributed by atoms with E-state index < -0.39 is 24.4 Å². The molecule has 1 N–H and O–H groups in total. The number of anilines is 1. The van der Waals surface area contributed by atoms with Crippen LogP contribution in [0.2, 0.25) is 0 Å². The Morgan fingerprint density at radius 3 is 2.72 bits per heavy atom. The predicted molar refractivity (Wildman–Crippen MR) is 128 cm³/mol. The molecule has 2 aromatic carbocycles. The van der Waals surface area contributed by atoms with Gasteiger partial charge < -0.3 is 9.88 Å². The highest BCUT2D eigenvalue weighted by atomic mass is 19.4. The predicted octanol–water partition coefficient (Wildman–Crippen LogP) is 5.30. The average molecular weight is 495 g/mol. The Kier molecular flexibility index (Phi) is 6.05. The first-order valence-electron chi connectivity index (χ1n) is 11.1. The highest BCUT2D eigenvalue weighted by Gasteiger charge is 2.33. The van der Waals surface area contributed by atoms with Gasteiger partial charge in [-0.25, -0.2) is 9.37 Å². The van der Waals surface area contributed by atoms with E-state index in [-0.39, 0.29) is 13.1 Å². The molecule has 0 aliphatic carbocycles. The third-order valence-corrected chi connectivity index (χ3v) is 6.02. The first kappa shape index (κ1) is 23.7. The maximum atomic E-state index is 14.8. The molecule has 3 heterocycles. The lowest BCUT2D eigenvalue weighted by Gasteiger charge is -2.16. The number of hydrogen-bond donors (Lipinski definition) is 1. The van der Waals surface area contributed by atoms with Crippen LogP contribution in [0, 0.1) is 5.82 Å². The molecule has 0 atom stereocenters. The molecule has 0 bridgehead atoms. The second-order valence-electron chi connectivity index (χ2n) is 8.71. The second-order valence-corrected chi connectivity index (χ2v) is 8.71. The SMILES string of the molecule is Cn1cnc2ccc(-c3c(F)cncc3/C=C/C(=O)Nc3ccc4c(c3)CN(CC(F)(F)F)C4)cc21. The molecule has 0 saturated heterocycles. The highest BCUT2D eigenvalue weighted by molar-refractivity contribution is 6.02. The molecule has 1 aliphatic heterocycles. The van der Waals surface area contributed by atoms with Crippen LogP contribution in [0.3, 0.4) is 0 Å². The number of carbonyl (C=O) groups is 1. The number of fused-ring (bicyclic) bond motifs is 2. The minimum Gasteiger partial charge on any atom is -0.334 e. The standard InChI is InChI=1S/C26H21F4N5O/c1-34-15-32-22-6-3-16(9-23(22)34)25-17(10-31-11-21(25)27)4-7-24(36)33-20-5-2-18-12-35(13-19(18)8-20)14-26(28,29)30/h2-11,15H,12-14H2,1H3,(H,33,36)/b7-4+. The fourth-order valence-electron chi connectivity index (χ4n) is 4.42. The number of nitrogens with zero attached hydrogens (tertiary/aromatic N) is 4. The van der Waals surface area contributed by atoms with Crippen molar-refractivity contribution in [2.75, 3.05) is 11.9 Å². The van der Waals surface area contributed by atoms with Gasteiger partial charge in [0, 0.05) is 49.2 Å². The maximum Gasteiger partial charge on any atom is 0.401 e. The molecule has 2 aromatic heterocycles. The van der Waals surface area contributed by atoms with Gasteiger partial charge in [0.05, 0.1) is 30.1 Å². The number of nitrogens with one attached hydrogen (secondary N) is 1. The zero-order valence-electron chi connectivity index (χ0n) is 19.2. The summed E-state index contributed by atoms with van der Waals surface area (Å²) in [6, 6.07) is 10.4. The normalized spacial score (nSPS) is 14.0. The number of aryl methyl sites for hydroxylation is 1. The second kappa shape index (κ2) is 9.19. The molecule has 184 valence electrons. The zero-order chi connectivity index (χ0) is 25.4. The smallest absolute Gasteiger partial charge is 0.334 e. The van der Waals surface area contributed by atoms with Crippen molar-refractivity contribution in [1.82, 2.24) is 19.4 Å². The molecular weight excluding hydrogens is 474 g/mol.